The summed E-state index contributed by atoms with van der Waals surface area (Å²) >= 11 is 1.69. The van der Waals surface area contributed by atoms with Crippen LogP contribution < -0.4 is 0 Å². The Balaban J connectivity index is 4.12. The third-order valence-corrected chi connectivity index (χ3v) is 3.01. The lowest BCUT2D eigenvalue weighted by molar-refractivity contribution is -0.159. The number of rotatable bonds is 3. The number of esters is 1. The van der Waals surface area contributed by atoms with Gasteiger partial charge >= 0.3 is 5.97 Å². The first-order chi connectivity index (χ1) is 5.78. The predicted octanol–water partition coefficient (Wildman–Crippen LogP) is 2.72. The maximum absolute atomic E-state index is 11.5. The van der Waals surface area contributed by atoms with Crippen LogP contribution in [0.15, 0.2) is 0 Å². The molecule has 0 aromatic rings. The van der Waals surface area contributed by atoms with Crippen molar-refractivity contribution in [3.63, 3.8) is 0 Å². The van der Waals surface area contributed by atoms with Crippen LogP contribution in [0.3, 0.4) is 0 Å². The Morgan fingerprint density at radius 3 is 2.08 bits per heavy atom. The lowest BCUT2D eigenvalue weighted by atomic mass is 10.1. The molecule has 0 aliphatic heterocycles. The first-order valence-corrected chi connectivity index (χ1v) is 5.82. The van der Waals surface area contributed by atoms with E-state index in [1.807, 2.05) is 40.9 Å². The summed E-state index contributed by atoms with van der Waals surface area (Å²) in [5.41, 5.74) is -0.372. The molecule has 0 N–H and O–H groups in total. The van der Waals surface area contributed by atoms with Crippen molar-refractivity contribution < 1.29 is 9.53 Å². The first kappa shape index (κ1) is 12.8. The van der Waals surface area contributed by atoms with E-state index in [9.17, 15) is 4.79 Å². The van der Waals surface area contributed by atoms with Crippen LogP contribution in [0.4, 0.5) is 0 Å². The Bertz CT molecular complexity index is 172. The summed E-state index contributed by atoms with van der Waals surface area (Å²) in [5, 5.41) is 0.315. The maximum Gasteiger partial charge on any atom is 0.310 e. The van der Waals surface area contributed by atoms with Gasteiger partial charge in [0.25, 0.3) is 0 Å². The Morgan fingerprint density at radius 2 is 1.77 bits per heavy atom. The quantitative estimate of drug-likeness (QED) is 0.661. The highest BCUT2D eigenvalue weighted by molar-refractivity contribution is 7.99. The van der Waals surface area contributed by atoms with Crippen molar-refractivity contribution in [1.29, 1.82) is 0 Å². The molecule has 0 radical (unpaired) electrons. The fraction of sp³-hybridized carbons (Fsp3) is 0.900. The number of hydrogen-bond donors (Lipinski definition) is 0. The third kappa shape index (κ3) is 5.19. The summed E-state index contributed by atoms with van der Waals surface area (Å²) in [6.45, 7) is 9.62. The van der Waals surface area contributed by atoms with E-state index in [1.54, 1.807) is 11.8 Å². The fourth-order valence-corrected chi connectivity index (χ4v) is 1.31. The van der Waals surface area contributed by atoms with Crippen LogP contribution in [0.25, 0.3) is 0 Å². The zero-order chi connectivity index (χ0) is 10.6. The van der Waals surface area contributed by atoms with E-state index in [1.165, 1.54) is 0 Å². The molecule has 0 aromatic carbocycles. The van der Waals surface area contributed by atoms with Gasteiger partial charge in [0.2, 0.25) is 0 Å². The van der Waals surface area contributed by atoms with Crippen LogP contribution in [0.2, 0.25) is 0 Å². The van der Waals surface area contributed by atoms with Gasteiger partial charge in [-0.25, -0.2) is 0 Å². The molecule has 0 saturated carbocycles. The van der Waals surface area contributed by atoms with Crippen molar-refractivity contribution in [2.75, 3.05) is 6.26 Å². The van der Waals surface area contributed by atoms with Gasteiger partial charge in [0, 0.05) is 5.25 Å². The summed E-state index contributed by atoms with van der Waals surface area (Å²) in [5.74, 6) is -0.136. The van der Waals surface area contributed by atoms with Crippen LogP contribution in [-0.4, -0.2) is 23.1 Å². The van der Waals surface area contributed by atoms with E-state index in [-0.39, 0.29) is 17.5 Å². The van der Waals surface area contributed by atoms with Gasteiger partial charge in [0.05, 0.1) is 5.92 Å². The SMILES string of the molecule is CSC(C)C(C)C(=O)OC(C)(C)C. The molecule has 0 fully saturated rings. The van der Waals surface area contributed by atoms with Gasteiger partial charge in [-0.05, 0) is 27.0 Å². The van der Waals surface area contributed by atoms with Crippen LogP contribution in [0, 0.1) is 5.92 Å². The largest absolute Gasteiger partial charge is 0.460 e. The van der Waals surface area contributed by atoms with Gasteiger partial charge < -0.3 is 4.74 Å². The minimum atomic E-state index is -0.372. The monoisotopic (exact) mass is 204 g/mol. The normalized spacial score (nSPS) is 16.5. The highest BCUT2D eigenvalue weighted by Gasteiger charge is 2.25. The summed E-state index contributed by atoms with van der Waals surface area (Å²) in [7, 11) is 0. The number of thioether (sulfide) groups is 1. The van der Waals surface area contributed by atoms with Crippen molar-refractivity contribution in [3.05, 3.63) is 0 Å². The topological polar surface area (TPSA) is 26.3 Å². The molecule has 2 unspecified atom stereocenters. The molecule has 0 aliphatic carbocycles. The number of hydrogen-bond acceptors (Lipinski definition) is 3. The molecule has 0 saturated heterocycles. The second kappa shape index (κ2) is 4.89. The molecule has 0 heterocycles. The lowest BCUT2D eigenvalue weighted by Gasteiger charge is -2.24. The van der Waals surface area contributed by atoms with Gasteiger partial charge in [-0.15, -0.1) is 0 Å². The molecule has 0 rings (SSSR count). The molecule has 0 amide bonds. The van der Waals surface area contributed by atoms with E-state index in [4.69, 9.17) is 4.74 Å². The Morgan fingerprint density at radius 1 is 1.31 bits per heavy atom. The van der Waals surface area contributed by atoms with Gasteiger partial charge in [-0.2, -0.15) is 11.8 Å². The number of ether oxygens (including phenoxy) is 1. The molecule has 0 bridgehead atoms. The van der Waals surface area contributed by atoms with Crippen molar-refractivity contribution in [2.45, 2.75) is 45.5 Å². The minimum absolute atomic E-state index is 0.0331. The van der Waals surface area contributed by atoms with Crippen LogP contribution in [0.1, 0.15) is 34.6 Å². The van der Waals surface area contributed by atoms with Crippen LogP contribution in [0.5, 0.6) is 0 Å². The Kier molecular flexibility index (Phi) is 4.82. The third-order valence-electron chi connectivity index (χ3n) is 1.85. The van der Waals surface area contributed by atoms with Gasteiger partial charge in [-0.1, -0.05) is 13.8 Å². The number of carbonyl (C=O) groups is 1. The average Bonchev–Trinajstić information content (AvgIpc) is 1.98. The average molecular weight is 204 g/mol. The zero-order valence-corrected chi connectivity index (χ0v) is 10.2. The molecule has 0 aliphatic rings. The zero-order valence-electron chi connectivity index (χ0n) is 9.38. The standard InChI is InChI=1S/C10H20O2S/c1-7(8(2)13-6)9(11)12-10(3,4)5/h7-8H,1-6H3. The summed E-state index contributed by atoms with van der Waals surface area (Å²) < 4.78 is 5.27. The van der Waals surface area contributed by atoms with Crippen molar-refractivity contribution in [3.8, 4) is 0 Å². The molecular weight excluding hydrogens is 184 g/mol. The predicted molar refractivity (Wildman–Crippen MR) is 58.0 cm³/mol. The number of carbonyl (C=O) groups excluding carboxylic acids is 1. The summed E-state index contributed by atoms with van der Waals surface area (Å²) in [6.07, 6.45) is 2.01. The second-order valence-electron chi connectivity index (χ2n) is 4.26. The van der Waals surface area contributed by atoms with Gasteiger partial charge in [-0.3, -0.25) is 4.79 Å². The van der Waals surface area contributed by atoms with E-state index < -0.39 is 0 Å². The van der Waals surface area contributed by atoms with Crippen LogP contribution >= 0.6 is 11.8 Å². The van der Waals surface area contributed by atoms with Gasteiger partial charge in [0.15, 0.2) is 0 Å². The highest BCUT2D eigenvalue weighted by atomic mass is 32.2. The summed E-state index contributed by atoms with van der Waals surface area (Å²) in [4.78, 5) is 11.5. The van der Waals surface area contributed by atoms with E-state index in [0.29, 0.717) is 5.25 Å². The molecule has 2 nitrogen and oxygen atoms in total. The van der Waals surface area contributed by atoms with Crippen molar-refractivity contribution in [1.82, 2.24) is 0 Å². The fourth-order valence-electron chi connectivity index (χ4n) is 0.790. The second-order valence-corrected chi connectivity index (χ2v) is 5.48. The van der Waals surface area contributed by atoms with E-state index in [0.717, 1.165) is 0 Å². The molecule has 0 aromatic heterocycles. The molecule has 0 spiro atoms. The van der Waals surface area contributed by atoms with E-state index >= 15 is 0 Å². The maximum atomic E-state index is 11.5. The molecular formula is C10H20O2S. The van der Waals surface area contributed by atoms with Crippen molar-refractivity contribution >= 4 is 17.7 Å². The molecule has 78 valence electrons. The highest BCUT2D eigenvalue weighted by Crippen LogP contribution is 2.20. The summed E-state index contributed by atoms with van der Waals surface area (Å²) in [6, 6.07) is 0. The molecule has 13 heavy (non-hydrogen) atoms. The van der Waals surface area contributed by atoms with E-state index in [2.05, 4.69) is 0 Å². The smallest absolute Gasteiger partial charge is 0.310 e. The minimum Gasteiger partial charge on any atom is -0.460 e. The van der Waals surface area contributed by atoms with Crippen molar-refractivity contribution in [2.24, 2.45) is 5.92 Å². The van der Waals surface area contributed by atoms with Gasteiger partial charge in [0.1, 0.15) is 5.60 Å². The Labute approximate surface area is 85.4 Å². The van der Waals surface area contributed by atoms with Crippen LogP contribution in [-0.2, 0) is 9.53 Å². The lowest BCUT2D eigenvalue weighted by Crippen LogP contribution is -2.31. The molecule has 3 heteroatoms. The first-order valence-electron chi connectivity index (χ1n) is 4.53. The Hall–Kier alpha value is -0.180. The molecule has 2 atom stereocenters.